The molecule has 300 valence electrons. The number of hydrogen-bond acceptors (Lipinski definition) is 14. The molecule has 0 spiro atoms. The number of carbonyl (C=O) groups is 6. The molecule has 2 aromatic heterocycles. The Balaban J connectivity index is 0.789. The number of primary amides is 1. The van der Waals surface area contributed by atoms with Gasteiger partial charge in [0.1, 0.15) is 16.9 Å². The van der Waals surface area contributed by atoms with Crippen molar-refractivity contribution in [2.75, 3.05) is 74.0 Å². The molecule has 4 fully saturated rings. The summed E-state index contributed by atoms with van der Waals surface area (Å²) in [5.74, 6) is -1.32. The van der Waals surface area contributed by atoms with E-state index >= 15 is 0 Å². The molecule has 0 bridgehead atoms. The highest BCUT2D eigenvalue weighted by atomic mass is 32.1. The summed E-state index contributed by atoms with van der Waals surface area (Å²) in [5.41, 5.74) is 7.92. The largest absolute Gasteiger partial charge is 0.371 e. The average Bonchev–Trinajstić information content (AvgIpc) is 3.73. The van der Waals surface area contributed by atoms with Crippen molar-refractivity contribution in [3.63, 3.8) is 0 Å². The van der Waals surface area contributed by atoms with E-state index in [0.717, 1.165) is 86.2 Å². The van der Waals surface area contributed by atoms with Crippen LogP contribution >= 0.6 is 11.5 Å². The lowest BCUT2D eigenvalue weighted by Crippen LogP contribution is -2.56. The molecule has 57 heavy (non-hydrogen) atoms. The number of aromatic nitrogens is 3. The Morgan fingerprint density at radius 1 is 0.930 bits per heavy atom. The first kappa shape index (κ1) is 38.2. The summed E-state index contributed by atoms with van der Waals surface area (Å²) >= 11 is 1.26. The molecule has 5 N–H and O–H groups in total. The predicted octanol–water partition coefficient (Wildman–Crippen LogP) is 1.70. The quantitative estimate of drug-likeness (QED) is 0.227. The number of piperidine rings is 3. The van der Waals surface area contributed by atoms with Crippen molar-refractivity contribution in [3.05, 3.63) is 53.0 Å². The van der Waals surface area contributed by atoms with Crippen molar-refractivity contribution in [3.8, 4) is 0 Å². The van der Waals surface area contributed by atoms with Crippen LogP contribution in [0.2, 0.25) is 0 Å². The molecule has 3 aromatic rings. The molecule has 0 saturated carbocycles. The predicted molar refractivity (Wildman–Crippen MR) is 211 cm³/mol. The lowest BCUT2D eigenvalue weighted by molar-refractivity contribution is -0.136. The van der Waals surface area contributed by atoms with Crippen LogP contribution in [0.25, 0.3) is 0 Å². The number of urea groups is 1. The van der Waals surface area contributed by atoms with Crippen LogP contribution in [0.3, 0.4) is 0 Å². The third-order valence-electron chi connectivity index (χ3n) is 11.5. The van der Waals surface area contributed by atoms with Gasteiger partial charge in [-0.15, -0.1) is 0 Å². The normalized spacial score (nSPS) is 22.1. The van der Waals surface area contributed by atoms with E-state index in [1.54, 1.807) is 18.3 Å². The van der Waals surface area contributed by atoms with Gasteiger partial charge in [0.05, 0.1) is 23.0 Å². The van der Waals surface area contributed by atoms with Crippen LogP contribution in [-0.4, -0.2) is 136 Å². The van der Waals surface area contributed by atoms with Crippen LogP contribution in [0.15, 0.2) is 30.5 Å². The number of hydrogen-bond donors (Lipinski definition) is 4. The molecule has 8 rings (SSSR count). The highest BCUT2D eigenvalue weighted by molar-refractivity contribution is 7.10. The van der Waals surface area contributed by atoms with Crippen LogP contribution in [0.5, 0.6) is 0 Å². The van der Waals surface area contributed by atoms with Gasteiger partial charge in [0.25, 0.3) is 17.7 Å². The summed E-state index contributed by atoms with van der Waals surface area (Å²) in [7, 11) is 0. The monoisotopic (exact) mass is 798 g/mol. The van der Waals surface area contributed by atoms with Gasteiger partial charge in [0.15, 0.2) is 11.5 Å². The number of rotatable bonds is 9. The molecule has 2 atom stereocenters. The SMILES string of the molecule is Cc1cc(Nc2nc(N3CCC[C@@H](NC(=O)N4CCN(CC5CCN(c6ccc7c(c6)C(=O)N(C6CCC(=O)NC6=O)C7=O)CC5)CC4)C3)cnc2C(N)=O)sn1. The fourth-order valence-electron chi connectivity index (χ4n) is 8.44. The molecule has 0 aliphatic carbocycles. The molecule has 19 heteroatoms. The van der Waals surface area contributed by atoms with Gasteiger partial charge < -0.3 is 31.1 Å². The van der Waals surface area contributed by atoms with Crippen LogP contribution < -0.4 is 31.5 Å². The number of anilines is 4. The van der Waals surface area contributed by atoms with E-state index in [9.17, 15) is 28.8 Å². The first-order chi connectivity index (χ1) is 27.5. The van der Waals surface area contributed by atoms with E-state index < -0.39 is 35.6 Å². The van der Waals surface area contributed by atoms with E-state index in [0.29, 0.717) is 36.9 Å². The zero-order valence-corrected chi connectivity index (χ0v) is 32.6. The second-order valence-corrected chi connectivity index (χ2v) is 16.2. The standard InChI is InChI=1S/C38H46N12O6S/c1-22-17-31(57-45-22)44-34-32(33(39)52)40-19-29(42-34)49-10-2-3-24(21-49)41-38(56)48-15-13-46(14-16-48)20-23-8-11-47(12-9-23)25-4-5-26-27(18-25)37(55)50(36(26)54)28-6-7-30(51)43-35(28)53/h4-5,17-19,23-24,28H,2-3,6-16,20-21H2,1H3,(H2,39,52)(H,41,56)(H,42,44)(H,43,51,53)/t24-,28?/m1/s1. The second kappa shape index (κ2) is 16.0. The van der Waals surface area contributed by atoms with Crippen molar-refractivity contribution in [2.45, 2.75) is 57.5 Å². The Hall–Kier alpha value is -5.69. The Labute approximate surface area is 333 Å². The Kier molecular flexibility index (Phi) is 10.8. The zero-order chi connectivity index (χ0) is 39.8. The van der Waals surface area contributed by atoms with E-state index in [2.05, 4.69) is 40.0 Å². The average molecular weight is 799 g/mol. The topological polar surface area (TPSA) is 219 Å². The number of nitrogens with zero attached hydrogens (tertiary/aromatic N) is 8. The second-order valence-electron chi connectivity index (χ2n) is 15.4. The summed E-state index contributed by atoms with van der Waals surface area (Å²) in [5, 5.41) is 9.34. The van der Waals surface area contributed by atoms with Crippen LogP contribution in [-0.2, 0) is 9.59 Å². The molecule has 5 aliphatic heterocycles. The van der Waals surface area contributed by atoms with E-state index in [1.807, 2.05) is 24.0 Å². The number of nitrogens with one attached hydrogen (secondary N) is 3. The van der Waals surface area contributed by atoms with Gasteiger partial charge in [0, 0.05) is 77.1 Å². The molecule has 7 amide bonds. The maximum absolute atomic E-state index is 13.4. The molecule has 0 radical (unpaired) electrons. The zero-order valence-electron chi connectivity index (χ0n) is 31.7. The first-order valence-electron chi connectivity index (χ1n) is 19.5. The minimum atomic E-state index is -0.983. The lowest BCUT2D eigenvalue weighted by atomic mass is 9.95. The number of amides is 7. The highest BCUT2D eigenvalue weighted by Gasteiger charge is 2.45. The number of nitrogens with two attached hydrogens (primary N) is 1. The third-order valence-corrected chi connectivity index (χ3v) is 12.3. The number of imide groups is 2. The van der Waals surface area contributed by atoms with Crippen molar-refractivity contribution in [1.82, 2.24) is 39.7 Å². The molecular weight excluding hydrogens is 753 g/mol. The fraction of sp³-hybridized carbons (Fsp3) is 0.500. The van der Waals surface area contributed by atoms with Crippen molar-refractivity contribution < 1.29 is 28.8 Å². The molecule has 5 aliphatic rings. The summed E-state index contributed by atoms with van der Waals surface area (Å²) in [4.78, 5) is 94.6. The summed E-state index contributed by atoms with van der Waals surface area (Å²) in [6.45, 7) is 8.65. The van der Waals surface area contributed by atoms with Gasteiger partial charge in [-0.05, 0) is 80.7 Å². The van der Waals surface area contributed by atoms with Gasteiger partial charge in [-0.2, -0.15) is 4.37 Å². The number of aryl methyl sites for hydroxylation is 1. The number of fused-ring (bicyclic) bond motifs is 1. The summed E-state index contributed by atoms with van der Waals surface area (Å²) < 4.78 is 4.27. The molecule has 7 heterocycles. The highest BCUT2D eigenvalue weighted by Crippen LogP contribution is 2.33. The number of benzene rings is 1. The fourth-order valence-corrected chi connectivity index (χ4v) is 9.10. The number of piperazine rings is 1. The van der Waals surface area contributed by atoms with E-state index in [4.69, 9.17) is 10.7 Å². The maximum atomic E-state index is 13.4. The maximum Gasteiger partial charge on any atom is 0.317 e. The smallest absolute Gasteiger partial charge is 0.317 e. The Morgan fingerprint density at radius 2 is 1.70 bits per heavy atom. The molecule has 18 nitrogen and oxygen atoms in total. The third kappa shape index (κ3) is 8.11. The van der Waals surface area contributed by atoms with Crippen molar-refractivity contribution in [2.24, 2.45) is 11.7 Å². The summed E-state index contributed by atoms with van der Waals surface area (Å²) in [6, 6.07) is 6.03. The van der Waals surface area contributed by atoms with Gasteiger partial charge in [-0.25, -0.2) is 14.8 Å². The van der Waals surface area contributed by atoms with Crippen molar-refractivity contribution in [1.29, 1.82) is 0 Å². The molecule has 1 aromatic carbocycles. The minimum Gasteiger partial charge on any atom is -0.371 e. The first-order valence-corrected chi connectivity index (χ1v) is 20.3. The van der Waals surface area contributed by atoms with Crippen molar-refractivity contribution >= 4 is 69.4 Å². The van der Waals surface area contributed by atoms with E-state index in [1.165, 1.54) is 11.5 Å². The van der Waals surface area contributed by atoms with E-state index in [-0.39, 0.29) is 42.0 Å². The minimum absolute atomic E-state index is 0.0485. The number of carbonyl (C=O) groups excluding carboxylic acids is 6. The van der Waals surface area contributed by atoms with Gasteiger partial charge >= 0.3 is 6.03 Å². The van der Waals surface area contributed by atoms with Crippen LogP contribution in [0.4, 0.5) is 27.1 Å². The van der Waals surface area contributed by atoms with Crippen LogP contribution in [0.1, 0.15) is 75.4 Å². The Morgan fingerprint density at radius 3 is 2.42 bits per heavy atom. The van der Waals surface area contributed by atoms with Gasteiger partial charge in [0.2, 0.25) is 11.8 Å². The molecule has 1 unspecified atom stereocenters. The van der Waals surface area contributed by atoms with Gasteiger partial charge in [-0.3, -0.25) is 39.1 Å². The Bertz CT molecular complexity index is 2090. The van der Waals surface area contributed by atoms with Gasteiger partial charge in [-0.1, -0.05) is 0 Å². The summed E-state index contributed by atoms with van der Waals surface area (Å²) in [6.07, 6.45) is 5.42. The molecule has 4 saturated heterocycles. The molecular formula is C38H46N12O6S. The van der Waals surface area contributed by atoms with Crippen LogP contribution in [0, 0.1) is 12.8 Å². The lowest BCUT2D eigenvalue weighted by Gasteiger charge is -2.40.